The van der Waals surface area contributed by atoms with Gasteiger partial charge in [0.05, 0.1) is 23.3 Å². The summed E-state index contributed by atoms with van der Waals surface area (Å²) in [5.74, 6) is -5.38. The van der Waals surface area contributed by atoms with Crippen LogP contribution in [0, 0.1) is 11.6 Å². The molecule has 12 heteroatoms. The van der Waals surface area contributed by atoms with Crippen LogP contribution in [0.25, 0.3) is 0 Å². The summed E-state index contributed by atoms with van der Waals surface area (Å²) in [6.07, 6.45) is 0. The Balaban J connectivity index is 2.55. The Hall–Kier alpha value is -3.02. The fourth-order valence-corrected chi connectivity index (χ4v) is 3.10. The smallest absolute Gasteiger partial charge is 0.387 e. The van der Waals surface area contributed by atoms with E-state index in [1.807, 2.05) is 4.72 Å². The summed E-state index contributed by atoms with van der Waals surface area (Å²) >= 11 is 0. The molecule has 0 spiro atoms. The average Bonchev–Trinajstić information content (AvgIpc) is 2.56. The number of methoxy groups -OCH3 is 1. The highest BCUT2D eigenvalue weighted by molar-refractivity contribution is 7.92. The van der Waals surface area contributed by atoms with Crippen LogP contribution in [0.5, 0.6) is 11.5 Å². The van der Waals surface area contributed by atoms with Gasteiger partial charge >= 0.3 is 12.6 Å². The second-order valence-corrected chi connectivity index (χ2v) is 6.60. The van der Waals surface area contributed by atoms with Gasteiger partial charge in [0, 0.05) is 12.1 Å². The van der Waals surface area contributed by atoms with Crippen LogP contribution in [-0.4, -0.2) is 33.2 Å². The molecule has 0 aliphatic carbocycles. The van der Waals surface area contributed by atoms with Gasteiger partial charge in [0.1, 0.15) is 0 Å². The van der Waals surface area contributed by atoms with Gasteiger partial charge in [0.15, 0.2) is 23.1 Å². The second kappa shape index (κ2) is 7.70. The molecule has 0 aliphatic rings. The first kappa shape index (κ1) is 20.3. The van der Waals surface area contributed by atoms with Crippen LogP contribution in [0.4, 0.5) is 23.2 Å². The van der Waals surface area contributed by atoms with E-state index in [0.29, 0.717) is 18.2 Å². The van der Waals surface area contributed by atoms with Gasteiger partial charge in [-0.05, 0) is 18.2 Å². The van der Waals surface area contributed by atoms with Gasteiger partial charge in [-0.15, -0.1) is 0 Å². The molecule has 0 saturated heterocycles. The van der Waals surface area contributed by atoms with E-state index < -0.39 is 56.1 Å². The van der Waals surface area contributed by atoms with Crippen molar-refractivity contribution in [2.24, 2.45) is 0 Å². The number of rotatable bonds is 7. The zero-order chi connectivity index (χ0) is 20.4. The molecule has 146 valence electrons. The van der Waals surface area contributed by atoms with Crippen molar-refractivity contribution >= 4 is 21.7 Å². The highest BCUT2D eigenvalue weighted by atomic mass is 32.2. The Morgan fingerprint density at radius 1 is 1.11 bits per heavy atom. The van der Waals surface area contributed by atoms with Crippen LogP contribution >= 0.6 is 0 Å². The molecule has 27 heavy (non-hydrogen) atoms. The minimum Gasteiger partial charge on any atom is -0.493 e. The lowest BCUT2D eigenvalue weighted by atomic mass is 10.1. The fraction of sp³-hybridized carbons (Fsp3) is 0.133. The maximum atomic E-state index is 13.3. The molecule has 0 aliphatic heterocycles. The third-order valence-corrected chi connectivity index (χ3v) is 4.56. The number of carbonyl (C=O) groups is 1. The Kier molecular flexibility index (Phi) is 5.78. The first-order chi connectivity index (χ1) is 12.5. The van der Waals surface area contributed by atoms with E-state index in [-0.39, 0.29) is 5.75 Å². The van der Waals surface area contributed by atoms with Gasteiger partial charge in [0.25, 0.3) is 10.0 Å². The van der Waals surface area contributed by atoms with Crippen LogP contribution in [-0.2, 0) is 10.0 Å². The first-order valence-corrected chi connectivity index (χ1v) is 8.41. The Morgan fingerprint density at radius 3 is 2.30 bits per heavy atom. The van der Waals surface area contributed by atoms with Gasteiger partial charge in [-0.25, -0.2) is 22.0 Å². The van der Waals surface area contributed by atoms with Gasteiger partial charge in [-0.1, -0.05) is 0 Å². The van der Waals surface area contributed by atoms with Crippen molar-refractivity contribution in [3.8, 4) is 11.5 Å². The standard InChI is InChI=1S/C15H11F4NO6S/c1-25-12-5-8(14(21)22)11(6-13(12)26-15(18)19)20-27(23,24)7-2-3-9(16)10(17)4-7/h2-6,15,20H,1H3,(H,21,22). The zero-order valence-corrected chi connectivity index (χ0v) is 14.2. The maximum absolute atomic E-state index is 13.3. The Labute approximate surface area is 150 Å². The number of ether oxygens (including phenoxy) is 2. The number of halogens is 4. The average molecular weight is 409 g/mol. The lowest BCUT2D eigenvalue weighted by Gasteiger charge is -2.15. The molecule has 2 aromatic rings. The first-order valence-electron chi connectivity index (χ1n) is 6.93. The highest BCUT2D eigenvalue weighted by Crippen LogP contribution is 2.35. The number of sulfonamides is 1. The van der Waals surface area contributed by atoms with Crippen molar-refractivity contribution in [2.75, 3.05) is 11.8 Å². The van der Waals surface area contributed by atoms with Crippen LogP contribution in [0.2, 0.25) is 0 Å². The zero-order valence-electron chi connectivity index (χ0n) is 13.4. The molecular weight excluding hydrogens is 398 g/mol. The molecule has 2 aromatic carbocycles. The Morgan fingerprint density at radius 2 is 1.78 bits per heavy atom. The molecule has 7 nitrogen and oxygen atoms in total. The second-order valence-electron chi connectivity index (χ2n) is 4.91. The minimum atomic E-state index is -4.58. The van der Waals surface area contributed by atoms with Crippen molar-refractivity contribution in [1.29, 1.82) is 0 Å². The summed E-state index contributed by atoms with van der Waals surface area (Å²) in [4.78, 5) is 10.6. The van der Waals surface area contributed by atoms with E-state index in [2.05, 4.69) is 4.74 Å². The van der Waals surface area contributed by atoms with Gasteiger partial charge in [-0.2, -0.15) is 8.78 Å². The molecule has 0 heterocycles. The summed E-state index contributed by atoms with van der Waals surface area (Å²) in [6, 6.07) is 3.11. The van der Waals surface area contributed by atoms with Crippen molar-refractivity contribution in [1.82, 2.24) is 0 Å². The van der Waals surface area contributed by atoms with E-state index >= 15 is 0 Å². The van der Waals surface area contributed by atoms with Crippen molar-refractivity contribution in [3.05, 3.63) is 47.5 Å². The van der Waals surface area contributed by atoms with Gasteiger partial charge in [-0.3, -0.25) is 4.72 Å². The molecule has 0 radical (unpaired) electrons. The van der Waals surface area contributed by atoms with Crippen LogP contribution in [0.3, 0.4) is 0 Å². The third kappa shape index (κ3) is 4.58. The minimum absolute atomic E-state index is 0.373. The lowest BCUT2D eigenvalue weighted by Crippen LogP contribution is -2.16. The number of carboxylic acid groups (broad SMARTS) is 1. The predicted octanol–water partition coefficient (Wildman–Crippen LogP) is 3.07. The largest absolute Gasteiger partial charge is 0.493 e. The van der Waals surface area contributed by atoms with E-state index in [9.17, 15) is 35.9 Å². The normalized spacial score (nSPS) is 11.3. The monoisotopic (exact) mass is 409 g/mol. The van der Waals surface area contributed by atoms with Gasteiger partial charge in [0.2, 0.25) is 0 Å². The quantitative estimate of drug-likeness (QED) is 0.682. The number of nitrogens with one attached hydrogen (secondary N) is 1. The summed E-state index contributed by atoms with van der Waals surface area (Å²) in [5, 5.41) is 9.22. The highest BCUT2D eigenvalue weighted by Gasteiger charge is 2.23. The van der Waals surface area contributed by atoms with E-state index in [1.165, 1.54) is 0 Å². The topological polar surface area (TPSA) is 102 Å². The number of carboxylic acids is 1. The number of hydrogen-bond acceptors (Lipinski definition) is 5. The molecule has 0 amide bonds. The molecule has 2 rings (SSSR count). The summed E-state index contributed by atoms with van der Waals surface area (Å²) in [6.45, 7) is -3.30. The molecule has 2 N–H and O–H groups in total. The van der Waals surface area contributed by atoms with E-state index in [4.69, 9.17) is 4.74 Å². The lowest BCUT2D eigenvalue weighted by molar-refractivity contribution is -0.0511. The van der Waals surface area contributed by atoms with Crippen molar-refractivity contribution < 1.29 is 45.4 Å². The fourth-order valence-electron chi connectivity index (χ4n) is 2.02. The maximum Gasteiger partial charge on any atom is 0.387 e. The molecule has 0 atom stereocenters. The number of hydrogen-bond donors (Lipinski definition) is 2. The van der Waals surface area contributed by atoms with Gasteiger partial charge < -0.3 is 14.6 Å². The molecule has 0 saturated carbocycles. The molecule has 0 fully saturated rings. The van der Waals surface area contributed by atoms with Crippen LogP contribution in [0.15, 0.2) is 35.2 Å². The SMILES string of the molecule is COc1cc(C(=O)O)c(NS(=O)(=O)c2ccc(F)c(F)c2)cc1OC(F)F. The van der Waals surface area contributed by atoms with Crippen LogP contribution < -0.4 is 14.2 Å². The molecule has 0 bridgehead atoms. The van der Waals surface area contributed by atoms with Crippen molar-refractivity contribution in [3.63, 3.8) is 0 Å². The molecule has 0 unspecified atom stereocenters. The predicted molar refractivity (Wildman–Crippen MR) is 83.8 cm³/mol. The summed E-state index contributed by atoms with van der Waals surface area (Å²) in [5.41, 5.74) is -1.30. The third-order valence-electron chi connectivity index (χ3n) is 3.20. The van der Waals surface area contributed by atoms with E-state index in [1.54, 1.807) is 0 Å². The molecular formula is C15H11F4NO6S. The summed E-state index contributed by atoms with van der Waals surface area (Å²) < 4.78 is 86.6. The summed E-state index contributed by atoms with van der Waals surface area (Å²) in [7, 11) is -3.52. The van der Waals surface area contributed by atoms with Crippen molar-refractivity contribution in [2.45, 2.75) is 11.5 Å². The van der Waals surface area contributed by atoms with Crippen LogP contribution in [0.1, 0.15) is 10.4 Å². The number of benzene rings is 2. The van der Waals surface area contributed by atoms with E-state index in [0.717, 1.165) is 19.2 Å². The molecule has 0 aromatic heterocycles. The Bertz CT molecular complexity index is 981. The number of aromatic carboxylic acids is 1. The number of anilines is 1. The number of alkyl halides is 2.